The Bertz CT molecular complexity index is 560. The van der Waals surface area contributed by atoms with Gasteiger partial charge in [0.2, 0.25) is 5.91 Å². The molecule has 8 heteroatoms. The molecule has 1 unspecified atom stereocenters. The molecule has 1 aromatic rings. The van der Waals surface area contributed by atoms with E-state index in [1.807, 2.05) is 0 Å². The van der Waals surface area contributed by atoms with Crippen molar-refractivity contribution >= 4 is 23.6 Å². The first-order valence-electron chi connectivity index (χ1n) is 6.70. The van der Waals surface area contributed by atoms with Gasteiger partial charge in [0.15, 0.2) is 0 Å². The molecule has 120 valence electrons. The average Bonchev–Trinajstić information content (AvgIpc) is 2.46. The molecule has 0 aromatic heterocycles. The van der Waals surface area contributed by atoms with Crippen molar-refractivity contribution in [3.05, 3.63) is 29.8 Å². The SMILES string of the molecule is NC(=O)C1CCCN(C(=O)c2ccc(SC(F)(F)F)cc2)C1. The topological polar surface area (TPSA) is 63.4 Å². The number of rotatable bonds is 3. The fourth-order valence-corrected chi connectivity index (χ4v) is 2.92. The summed E-state index contributed by atoms with van der Waals surface area (Å²) >= 11 is -0.225. The first kappa shape index (κ1) is 16.7. The maximum atomic E-state index is 12.3. The number of hydrogen-bond donors (Lipinski definition) is 1. The zero-order valence-electron chi connectivity index (χ0n) is 11.6. The molecule has 1 heterocycles. The largest absolute Gasteiger partial charge is 0.446 e. The molecule has 0 aliphatic carbocycles. The fraction of sp³-hybridized carbons (Fsp3) is 0.429. The van der Waals surface area contributed by atoms with Crippen LogP contribution in [-0.2, 0) is 4.79 Å². The Morgan fingerprint density at radius 1 is 1.23 bits per heavy atom. The van der Waals surface area contributed by atoms with Crippen LogP contribution in [0.4, 0.5) is 13.2 Å². The second kappa shape index (κ2) is 6.60. The summed E-state index contributed by atoms with van der Waals surface area (Å²) in [7, 11) is 0. The second-order valence-electron chi connectivity index (χ2n) is 5.06. The number of alkyl halides is 3. The molecule has 1 atom stereocenters. The smallest absolute Gasteiger partial charge is 0.369 e. The molecular weight excluding hydrogens is 317 g/mol. The predicted molar refractivity (Wildman–Crippen MR) is 76.2 cm³/mol. The Hall–Kier alpha value is -1.70. The van der Waals surface area contributed by atoms with E-state index in [9.17, 15) is 22.8 Å². The van der Waals surface area contributed by atoms with Crippen molar-refractivity contribution in [3.8, 4) is 0 Å². The van der Waals surface area contributed by atoms with E-state index in [0.717, 1.165) is 0 Å². The second-order valence-corrected chi connectivity index (χ2v) is 6.20. The third-order valence-electron chi connectivity index (χ3n) is 3.45. The van der Waals surface area contributed by atoms with E-state index in [0.29, 0.717) is 24.9 Å². The maximum Gasteiger partial charge on any atom is 0.446 e. The quantitative estimate of drug-likeness (QED) is 0.866. The van der Waals surface area contributed by atoms with Crippen LogP contribution < -0.4 is 5.73 Å². The molecule has 1 saturated heterocycles. The summed E-state index contributed by atoms with van der Waals surface area (Å²) in [5.41, 5.74) is 1.21. The average molecular weight is 332 g/mol. The molecule has 0 bridgehead atoms. The summed E-state index contributed by atoms with van der Waals surface area (Å²) in [6.45, 7) is 0.773. The molecule has 2 N–H and O–H groups in total. The van der Waals surface area contributed by atoms with Gasteiger partial charge in [-0.05, 0) is 48.9 Å². The Kier molecular flexibility index (Phi) is 5.00. The Balaban J connectivity index is 2.05. The Morgan fingerprint density at radius 3 is 2.41 bits per heavy atom. The van der Waals surface area contributed by atoms with Gasteiger partial charge in [-0.15, -0.1) is 0 Å². The highest BCUT2D eigenvalue weighted by atomic mass is 32.2. The van der Waals surface area contributed by atoms with Gasteiger partial charge >= 0.3 is 5.51 Å². The van der Waals surface area contributed by atoms with Crippen LogP contribution in [0.15, 0.2) is 29.2 Å². The number of thioether (sulfide) groups is 1. The first-order valence-corrected chi connectivity index (χ1v) is 7.52. The lowest BCUT2D eigenvalue weighted by atomic mass is 9.97. The Morgan fingerprint density at radius 2 is 1.86 bits per heavy atom. The molecule has 2 amide bonds. The first-order chi connectivity index (χ1) is 10.3. The van der Waals surface area contributed by atoms with Gasteiger partial charge in [0.25, 0.3) is 5.91 Å². The normalized spacial score (nSPS) is 19.0. The number of hydrogen-bond acceptors (Lipinski definition) is 3. The van der Waals surface area contributed by atoms with Crippen LogP contribution in [0, 0.1) is 5.92 Å². The summed E-state index contributed by atoms with van der Waals surface area (Å²) in [5, 5.41) is 0. The van der Waals surface area contributed by atoms with E-state index in [1.165, 1.54) is 29.2 Å². The van der Waals surface area contributed by atoms with Gasteiger partial charge in [0, 0.05) is 23.5 Å². The Labute approximate surface area is 129 Å². The highest BCUT2D eigenvalue weighted by molar-refractivity contribution is 8.00. The van der Waals surface area contributed by atoms with Gasteiger partial charge in [-0.1, -0.05) is 0 Å². The van der Waals surface area contributed by atoms with Crippen molar-refractivity contribution < 1.29 is 22.8 Å². The van der Waals surface area contributed by atoms with Crippen molar-refractivity contribution in [1.82, 2.24) is 4.90 Å². The van der Waals surface area contributed by atoms with Gasteiger partial charge in [-0.3, -0.25) is 9.59 Å². The monoisotopic (exact) mass is 332 g/mol. The number of piperidine rings is 1. The molecule has 1 aromatic carbocycles. The fourth-order valence-electron chi connectivity index (χ4n) is 2.38. The summed E-state index contributed by atoms with van der Waals surface area (Å²) in [6, 6.07) is 5.26. The number of amides is 2. The summed E-state index contributed by atoms with van der Waals surface area (Å²) < 4.78 is 36.8. The molecule has 0 saturated carbocycles. The third-order valence-corrected chi connectivity index (χ3v) is 4.19. The molecule has 22 heavy (non-hydrogen) atoms. The van der Waals surface area contributed by atoms with Crippen LogP contribution in [0.5, 0.6) is 0 Å². The zero-order valence-corrected chi connectivity index (χ0v) is 12.4. The molecule has 0 spiro atoms. The van der Waals surface area contributed by atoms with Crippen molar-refractivity contribution in [2.24, 2.45) is 11.7 Å². The summed E-state index contributed by atoms with van der Waals surface area (Å²) in [6.07, 6.45) is 1.33. The van der Waals surface area contributed by atoms with E-state index >= 15 is 0 Å². The highest BCUT2D eigenvalue weighted by Gasteiger charge is 2.30. The molecule has 4 nitrogen and oxygen atoms in total. The molecule has 0 radical (unpaired) electrons. The van der Waals surface area contributed by atoms with Crippen LogP contribution in [0.25, 0.3) is 0 Å². The molecule has 2 rings (SSSR count). The molecular formula is C14H15F3N2O2S. The molecule has 1 fully saturated rings. The van der Waals surface area contributed by atoms with Gasteiger partial charge in [-0.2, -0.15) is 13.2 Å². The number of carbonyl (C=O) groups is 2. The predicted octanol–water partition coefficient (Wildman–Crippen LogP) is 2.64. The number of halogens is 3. The van der Waals surface area contributed by atoms with Crippen LogP contribution in [0.3, 0.4) is 0 Å². The van der Waals surface area contributed by atoms with Crippen LogP contribution in [-0.4, -0.2) is 35.3 Å². The van der Waals surface area contributed by atoms with Crippen LogP contribution in [0.2, 0.25) is 0 Å². The maximum absolute atomic E-state index is 12.3. The van der Waals surface area contributed by atoms with E-state index in [2.05, 4.69) is 0 Å². The van der Waals surface area contributed by atoms with E-state index < -0.39 is 11.4 Å². The standard InChI is InChI=1S/C14H15F3N2O2S/c15-14(16,17)22-11-5-3-9(4-6-11)13(21)19-7-1-2-10(8-19)12(18)20/h3-6,10H,1-2,7-8H2,(H2,18,20). The lowest BCUT2D eigenvalue weighted by Gasteiger charge is -2.31. The van der Waals surface area contributed by atoms with Gasteiger partial charge in [0.05, 0.1) is 5.92 Å². The number of carbonyl (C=O) groups excluding carboxylic acids is 2. The van der Waals surface area contributed by atoms with E-state index in [1.54, 1.807) is 0 Å². The number of primary amides is 1. The van der Waals surface area contributed by atoms with Crippen molar-refractivity contribution in [1.29, 1.82) is 0 Å². The van der Waals surface area contributed by atoms with Crippen molar-refractivity contribution in [3.63, 3.8) is 0 Å². The highest BCUT2D eigenvalue weighted by Crippen LogP contribution is 2.36. The van der Waals surface area contributed by atoms with Crippen LogP contribution in [0.1, 0.15) is 23.2 Å². The summed E-state index contributed by atoms with van der Waals surface area (Å²) in [5.74, 6) is -1.10. The van der Waals surface area contributed by atoms with Crippen molar-refractivity contribution in [2.75, 3.05) is 13.1 Å². The number of nitrogens with zero attached hydrogens (tertiary/aromatic N) is 1. The third kappa shape index (κ3) is 4.40. The number of nitrogens with two attached hydrogens (primary N) is 1. The van der Waals surface area contributed by atoms with Crippen molar-refractivity contribution in [2.45, 2.75) is 23.2 Å². The van der Waals surface area contributed by atoms with Gasteiger partial charge in [-0.25, -0.2) is 0 Å². The molecule has 1 aliphatic rings. The lowest BCUT2D eigenvalue weighted by molar-refractivity contribution is -0.123. The van der Waals surface area contributed by atoms with Gasteiger partial charge < -0.3 is 10.6 Å². The van der Waals surface area contributed by atoms with E-state index in [-0.39, 0.29) is 35.0 Å². The van der Waals surface area contributed by atoms with Crippen LogP contribution >= 0.6 is 11.8 Å². The zero-order chi connectivity index (χ0) is 16.3. The minimum absolute atomic E-state index is 0.0257. The number of likely N-dealkylation sites (tertiary alicyclic amines) is 1. The van der Waals surface area contributed by atoms with Gasteiger partial charge in [0.1, 0.15) is 0 Å². The molecule has 1 aliphatic heterocycles. The lowest BCUT2D eigenvalue weighted by Crippen LogP contribution is -2.44. The minimum Gasteiger partial charge on any atom is -0.369 e. The number of benzene rings is 1. The summed E-state index contributed by atoms with van der Waals surface area (Å²) in [4.78, 5) is 25.1. The minimum atomic E-state index is -4.35. The van der Waals surface area contributed by atoms with E-state index in [4.69, 9.17) is 5.73 Å².